The number of ether oxygens (including phenoxy) is 1. The van der Waals surface area contributed by atoms with Crippen LogP contribution in [0.2, 0.25) is 0 Å². The maximum Gasteiger partial charge on any atom is 0.328 e. The van der Waals surface area contributed by atoms with Gasteiger partial charge in [-0.1, -0.05) is 45.9 Å². The molecule has 1 aromatic rings. The van der Waals surface area contributed by atoms with Crippen LogP contribution in [0.4, 0.5) is 0 Å². The average Bonchev–Trinajstić information content (AvgIpc) is 2.59. The molecule has 0 bridgehead atoms. The van der Waals surface area contributed by atoms with E-state index >= 15 is 0 Å². The van der Waals surface area contributed by atoms with Crippen LogP contribution < -0.4 is 10.6 Å². The molecule has 1 rings (SSSR count). The number of benzene rings is 1. The van der Waals surface area contributed by atoms with Crippen LogP contribution in [-0.4, -0.2) is 36.5 Å². The summed E-state index contributed by atoms with van der Waals surface area (Å²) in [5.41, 5.74) is 0.482. The molecular formula is C20H30N2O4. The van der Waals surface area contributed by atoms with Gasteiger partial charge in [-0.15, -0.1) is 0 Å². The Morgan fingerprint density at radius 3 is 2.12 bits per heavy atom. The second-order valence-corrected chi connectivity index (χ2v) is 7.00. The lowest BCUT2D eigenvalue weighted by Crippen LogP contribution is -2.54. The van der Waals surface area contributed by atoms with Crippen molar-refractivity contribution in [3.63, 3.8) is 0 Å². The molecule has 2 N–H and O–H groups in total. The van der Waals surface area contributed by atoms with Gasteiger partial charge < -0.3 is 15.4 Å². The number of esters is 1. The van der Waals surface area contributed by atoms with Crippen molar-refractivity contribution in [1.29, 1.82) is 0 Å². The zero-order chi connectivity index (χ0) is 19.7. The molecule has 0 radical (unpaired) electrons. The van der Waals surface area contributed by atoms with Gasteiger partial charge in [0, 0.05) is 5.56 Å². The number of rotatable bonds is 9. The third kappa shape index (κ3) is 6.86. The second kappa shape index (κ2) is 10.6. The van der Waals surface area contributed by atoms with E-state index < -0.39 is 18.1 Å². The number of hydrogen-bond donors (Lipinski definition) is 2. The molecule has 0 aliphatic carbocycles. The average molecular weight is 362 g/mol. The Morgan fingerprint density at radius 2 is 1.62 bits per heavy atom. The third-order valence-electron chi connectivity index (χ3n) is 3.87. The predicted molar refractivity (Wildman–Crippen MR) is 101 cm³/mol. The number of hydrogen-bond acceptors (Lipinski definition) is 4. The van der Waals surface area contributed by atoms with Gasteiger partial charge in [0.2, 0.25) is 5.91 Å². The Hall–Kier alpha value is -2.37. The van der Waals surface area contributed by atoms with Crippen molar-refractivity contribution in [3.05, 3.63) is 35.9 Å². The highest BCUT2D eigenvalue weighted by molar-refractivity contribution is 5.98. The number of carbonyl (C=O) groups excluding carboxylic acids is 3. The molecule has 0 saturated carbocycles. The zero-order valence-corrected chi connectivity index (χ0v) is 16.2. The lowest BCUT2D eigenvalue weighted by Gasteiger charge is -2.25. The van der Waals surface area contributed by atoms with Crippen LogP contribution in [0.1, 0.15) is 51.4 Å². The molecule has 0 aliphatic heterocycles. The van der Waals surface area contributed by atoms with Gasteiger partial charge in [0.25, 0.3) is 5.91 Å². The highest BCUT2D eigenvalue weighted by atomic mass is 16.5. The van der Waals surface area contributed by atoms with Crippen LogP contribution in [-0.2, 0) is 14.3 Å². The summed E-state index contributed by atoms with van der Waals surface area (Å²) in [5.74, 6) is -1.09. The maximum absolute atomic E-state index is 12.7. The molecule has 144 valence electrons. The first-order valence-electron chi connectivity index (χ1n) is 9.09. The molecule has 0 aliphatic rings. The van der Waals surface area contributed by atoms with E-state index in [9.17, 15) is 14.4 Å². The summed E-state index contributed by atoms with van der Waals surface area (Å²) in [6, 6.07) is 7.25. The van der Waals surface area contributed by atoms with Gasteiger partial charge >= 0.3 is 5.97 Å². The van der Waals surface area contributed by atoms with E-state index in [1.165, 1.54) is 0 Å². The molecular weight excluding hydrogens is 332 g/mol. The van der Waals surface area contributed by atoms with Gasteiger partial charge in [-0.05, 0) is 37.3 Å². The van der Waals surface area contributed by atoms with E-state index in [-0.39, 0.29) is 30.3 Å². The summed E-state index contributed by atoms with van der Waals surface area (Å²) in [5, 5.41) is 5.50. The summed E-state index contributed by atoms with van der Waals surface area (Å²) < 4.78 is 5.06. The van der Waals surface area contributed by atoms with Gasteiger partial charge in [-0.3, -0.25) is 9.59 Å². The normalized spacial score (nSPS) is 13.2. The fraction of sp³-hybridized carbons (Fsp3) is 0.550. The second-order valence-electron chi connectivity index (χ2n) is 7.00. The van der Waals surface area contributed by atoms with E-state index in [4.69, 9.17) is 4.74 Å². The summed E-state index contributed by atoms with van der Waals surface area (Å²) in [7, 11) is 0. The minimum atomic E-state index is -0.744. The third-order valence-corrected chi connectivity index (χ3v) is 3.87. The summed E-state index contributed by atoms with van der Waals surface area (Å²) in [6.45, 7) is 9.60. The quantitative estimate of drug-likeness (QED) is 0.661. The first kappa shape index (κ1) is 21.7. The Balaban J connectivity index is 2.85. The Labute approximate surface area is 155 Å². The van der Waals surface area contributed by atoms with Gasteiger partial charge in [-0.2, -0.15) is 0 Å². The number of carbonyl (C=O) groups is 3. The molecule has 0 spiro atoms. The smallest absolute Gasteiger partial charge is 0.328 e. The lowest BCUT2D eigenvalue weighted by atomic mass is 10.00. The maximum atomic E-state index is 12.7. The Bertz CT molecular complexity index is 599. The lowest BCUT2D eigenvalue weighted by molar-refractivity contribution is -0.148. The first-order chi connectivity index (χ1) is 12.3. The molecule has 2 amide bonds. The monoisotopic (exact) mass is 362 g/mol. The van der Waals surface area contributed by atoms with Crippen LogP contribution in [0, 0.1) is 11.8 Å². The van der Waals surface area contributed by atoms with Crippen LogP contribution in [0.3, 0.4) is 0 Å². The minimum absolute atomic E-state index is 0.135. The molecule has 2 atom stereocenters. The van der Waals surface area contributed by atoms with Crippen molar-refractivity contribution in [3.8, 4) is 0 Å². The molecule has 0 aromatic heterocycles. The SMILES string of the molecule is CCOC(=O)[C@H](CC(C)C)NC(=O)[C@@H](NC(=O)c1ccccc1)C(C)C. The summed E-state index contributed by atoms with van der Waals surface area (Å²) >= 11 is 0. The van der Waals surface area contributed by atoms with Crippen LogP contribution in [0.5, 0.6) is 0 Å². The number of nitrogens with one attached hydrogen (secondary N) is 2. The van der Waals surface area contributed by atoms with Crippen molar-refractivity contribution in [1.82, 2.24) is 10.6 Å². The Morgan fingerprint density at radius 1 is 1.00 bits per heavy atom. The van der Waals surface area contributed by atoms with Gasteiger partial charge in [0.05, 0.1) is 6.61 Å². The predicted octanol–water partition coefficient (Wildman–Crippen LogP) is 2.54. The molecule has 0 saturated heterocycles. The van der Waals surface area contributed by atoms with Crippen molar-refractivity contribution < 1.29 is 19.1 Å². The zero-order valence-electron chi connectivity index (χ0n) is 16.2. The van der Waals surface area contributed by atoms with Crippen LogP contribution >= 0.6 is 0 Å². The molecule has 6 heteroatoms. The fourth-order valence-corrected chi connectivity index (χ4v) is 2.54. The molecule has 26 heavy (non-hydrogen) atoms. The molecule has 0 unspecified atom stereocenters. The summed E-state index contributed by atoms with van der Waals surface area (Å²) in [4.78, 5) is 37.2. The molecule has 0 fully saturated rings. The van der Waals surface area contributed by atoms with Crippen molar-refractivity contribution in [2.24, 2.45) is 11.8 Å². The van der Waals surface area contributed by atoms with Crippen molar-refractivity contribution >= 4 is 17.8 Å². The highest BCUT2D eigenvalue weighted by Crippen LogP contribution is 2.10. The number of amides is 2. The minimum Gasteiger partial charge on any atom is -0.464 e. The molecule has 1 aromatic carbocycles. The van der Waals surface area contributed by atoms with Gasteiger partial charge in [0.15, 0.2) is 0 Å². The standard InChI is InChI=1S/C20H30N2O4/c1-6-26-20(25)16(12-13(2)3)21-19(24)17(14(4)5)22-18(23)15-10-8-7-9-11-15/h7-11,13-14,16-17H,6,12H2,1-5H3,(H,21,24)(H,22,23)/t16-,17-/m0/s1. The van der Waals surface area contributed by atoms with Gasteiger partial charge in [0.1, 0.15) is 12.1 Å². The van der Waals surface area contributed by atoms with Crippen LogP contribution in [0.15, 0.2) is 30.3 Å². The molecule has 6 nitrogen and oxygen atoms in total. The van der Waals surface area contributed by atoms with Crippen molar-refractivity contribution in [2.75, 3.05) is 6.61 Å². The first-order valence-corrected chi connectivity index (χ1v) is 9.09. The van der Waals surface area contributed by atoms with E-state index in [2.05, 4.69) is 10.6 Å². The molecule has 0 heterocycles. The van der Waals surface area contributed by atoms with Crippen LogP contribution in [0.25, 0.3) is 0 Å². The van der Waals surface area contributed by atoms with Gasteiger partial charge in [-0.25, -0.2) is 4.79 Å². The fourth-order valence-electron chi connectivity index (χ4n) is 2.54. The summed E-state index contributed by atoms with van der Waals surface area (Å²) in [6.07, 6.45) is 0.474. The Kier molecular flexibility index (Phi) is 8.82. The topological polar surface area (TPSA) is 84.5 Å². The van der Waals surface area contributed by atoms with E-state index in [1.54, 1.807) is 31.2 Å². The van der Waals surface area contributed by atoms with E-state index in [0.717, 1.165) is 0 Å². The van der Waals surface area contributed by atoms with E-state index in [1.807, 2.05) is 33.8 Å². The van der Waals surface area contributed by atoms with E-state index in [0.29, 0.717) is 12.0 Å². The highest BCUT2D eigenvalue weighted by Gasteiger charge is 2.30. The largest absolute Gasteiger partial charge is 0.464 e. The van der Waals surface area contributed by atoms with Crippen molar-refractivity contribution in [2.45, 2.75) is 53.1 Å².